The first-order chi connectivity index (χ1) is 14.7. The second-order valence-corrected chi connectivity index (χ2v) is 7.75. The number of pyridine rings is 1. The highest BCUT2D eigenvalue weighted by Gasteiger charge is 2.22. The molecule has 162 valence electrons. The summed E-state index contributed by atoms with van der Waals surface area (Å²) in [6.45, 7) is 1.06. The van der Waals surface area contributed by atoms with Gasteiger partial charge in [0, 0.05) is 29.7 Å². The van der Waals surface area contributed by atoms with Gasteiger partial charge in [-0.3, -0.25) is 0 Å². The Bertz CT molecular complexity index is 1040. The zero-order chi connectivity index (χ0) is 20.8. The normalized spacial score (nSPS) is 13.0. The topological polar surface area (TPSA) is 40.8 Å². The number of hydrogen-bond donors (Lipinski definition) is 0. The molecule has 0 amide bonds. The molecule has 6 heteroatoms. The van der Waals surface area contributed by atoms with Crippen LogP contribution in [0.3, 0.4) is 0 Å². The van der Waals surface area contributed by atoms with E-state index < -0.39 is 0 Å². The van der Waals surface area contributed by atoms with E-state index in [1.54, 1.807) is 28.4 Å². The van der Waals surface area contributed by atoms with Gasteiger partial charge in [-0.05, 0) is 46.8 Å². The van der Waals surface area contributed by atoms with Gasteiger partial charge in [0.1, 0.15) is 6.54 Å². The number of aryl methyl sites for hydroxylation is 2. The van der Waals surface area contributed by atoms with Gasteiger partial charge in [0.25, 0.3) is 0 Å². The fourth-order valence-electron chi connectivity index (χ4n) is 4.73. The zero-order valence-corrected chi connectivity index (χ0v) is 19.8. The Hall–Kier alpha value is -2.73. The lowest BCUT2D eigenvalue weighted by molar-refractivity contribution is -0.708. The van der Waals surface area contributed by atoms with E-state index >= 15 is 0 Å². The summed E-state index contributed by atoms with van der Waals surface area (Å²) in [5, 5.41) is 6.93. The van der Waals surface area contributed by atoms with Crippen molar-refractivity contribution in [3.63, 3.8) is 0 Å². The molecule has 0 radical (unpaired) electrons. The molecule has 1 aromatic heterocycles. The molecular formula is C25H26BrNO4. The minimum absolute atomic E-state index is 0. The number of ether oxygens (including phenoxy) is 4. The third-order valence-electron chi connectivity index (χ3n) is 6.25. The standard InChI is InChI=1S/C25H26NO4.BrH/c1-27-22-10-17-16-9-15-7-5-6-8-26(15)14-21(16)20-13-25(30-4)24(29-3)12-19(20)18(17)11-23(22)28-2;/h9-14H,5-8H2,1-4H3;1H/q+1;/p-1. The van der Waals surface area contributed by atoms with Gasteiger partial charge in [-0.15, -0.1) is 0 Å². The lowest BCUT2D eigenvalue weighted by Crippen LogP contribution is -3.00. The summed E-state index contributed by atoms with van der Waals surface area (Å²) in [4.78, 5) is 0. The Morgan fingerprint density at radius 3 is 1.45 bits per heavy atom. The van der Waals surface area contributed by atoms with Crippen molar-refractivity contribution < 1.29 is 40.5 Å². The first-order valence-electron chi connectivity index (χ1n) is 10.3. The largest absolute Gasteiger partial charge is 1.00 e. The summed E-state index contributed by atoms with van der Waals surface area (Å²) in [7, 11) is 6.70. The van der Waals surface area contributed by atoms with Gasteiger partial charge in [-0.1, -0.05) is 0 Å². The van der Waals surface area contributed by atoms with Crippen LogP contribution in [0.25, 0.3) is 32.3 Å². The summed E-state index contributed by atoms with van der Waals surface area (Å²) in [6, 6.07) is 10.6. The number of hydrogen-bond acceptors (Lipinski definition) is 4. The highest BCUT2D eigenvalue weighted by Crippen LogP contribution is 2.44. The van der Waals surface area contributed by atoms with E-state index in [2.05, 4.69) is 41.1 Å². The molecule has 1 aliphatic rings. The minimum Gasteiger partial charge on any atom is -1.00 e. The Morgan fingerprint density at radius 1 is 0.581 bits per heavy atom. The molecule has 31 heavy (non-hydrogen) atoms. The Morgan fingerprint density at radius 2 is 1.00 bits per heavy atom. The molecule has 0 spiro atoms. The van der Waals surface area contributed by atoms with Gasteiger partial charge in [0.05, 0.1) is 33.8 Å². The molecule has 0 fully saturated rings. The van der Waals surface area contributed by atoms with Crippen molar-refractivity contribution in [2.75, 3.05) is 28.4 Å². The maximum Gasteiger partial charge on any atom is 0.181 e. The van der Waals surface area contributed by atoms with Gasteiger partial charge in [0.2, 0.25) is 0 Å². The first kappa shape index (κ1) is 21.5. The van der Waals surface area contributed by atoms with E-state index in [1.165, 1.54) is 29.3 Å². The molecule has 5 nitrogen and oxygen atoms in total. The van der Waals surface area contributed by atoms with Crippen molar-refractivity contribution in [2.24, 2.45) is 0 Å². The van der Waals surface area contributed by atoms with Crippen molar-refractivity contribution in [3.8, 4) is 23.0 Å². The molecule has 2 heterocycles. The number of halogens is 1. The van der Waals surface area contributed by atoms with Crippen molar-refractivity contribution in [1.29, 1.82) is 0 Å². The Balaban J connectivity index is 0.00000231. The van der Waals surface area contributed by atoms with Crippen molar-refractivity contribution in [3.05, 3.63) is 42.2 Å². The van der Waals surface area contributed by atoms with Crippen LogP contribution >= 0.6 is 0 Å². The van der Waals surface area contributed by atoms with Gasteiger partial charge in [0.15, 0.2) is 34.9 Å². The van der Waals surface area contributed by atoms with Crippen molar-refractivity contribution in [2.45, 2.75) is 25.8 Å². The second-order valence-electron chi connectivity index (χ2n) is 7.75. The highest BCUT2D eigenvalue weighted by atomic mass is 79.9. The lowest BCUT2D eigenvalue weighted by atomic mass is 9.93. The van der Waals surface area contributed by atoms with Crippen LogP contribution in [0.2, 0.25) is 0 Å². The molecular weight excluding hydrogens is 458 g/mol. The fraction of sp³-hybridized carbons (Fsp3) is 0.320. The van der Waals surface area contributed by atoms with E-state index in [-0.39, 0.29) is 17.0 Å². The number of nitrogens with zero attached hydrogens (tertiary/aromatic N) is 1. The monoisotopic (exact) mass is 483 g/mol. The van der Waals surface area contributed by atoms with E-state index in [0.717, 1.165) is 46.0 Å². The van der Waals surface area contributed by atoms with Crippen LogP contribution in [-0.2, 0) is 13.0 Å². The molecule has 5 rings (SSSR count). The van der Waals surface area contributed by atoms with Crippen LogP contribution in [0.5, 0.6) is 23.0 Å². The summed E-state index contributed by atoms with van der Waals surface area (Å²) < 4.78 is 24.9. The maximum absolute atomic E-state index is 5.62. The highest BCUT2D eigenvalue weighted by molar-refractivity contribution is 6.26. The molecule has 0 bridgehead atoms. The lowest BCUT2D eigenvalue weighted by Gasteiger charge is -2.17. The quantitative estimate of drug-likeness (QED) is 0.328. The number of methoxy groups -OCH3 is 4. The summed E-state index contributed by atoms with van der Waals surface area (Å²) in [5.74, 6) is 2.89. The third kappa shape index (κ3) is 3.33. The van der Waals surface area contributed by atoms with E-state index in [1.807, 2.05) is 0 Å². The van der Waals surface area contributed by atoms with Gasteiger partial charge < -0.3 is 35.9 Å². The number of fused-ring (bicyclic) bond motifs is 7. The van der Waals surface area contributed by atoms with E-state index in [9.17, 15) is 0 Å². The van der Waals surface area contributed by atoms with Gasteiger partial charge in [-0.2, -0.15) is 0 Å². The SMILES string of the molecule is COc1cc2c3cc(OC)c(OC)cc3c3c[n+]4c(cc3c2cc1OC)CCCC4.[Br-]. The zero-order valence-electron chi connectivity index (χ0n) is 18.3. The average molecular weight is 484 g/mol. The smallest absolute Gasteiger partial charge is 0.181 e. The first-order valence-corrected chi connectivity index (χ1v) is 10.3. The number of aromatic nitrogens is 1. The second kappa shape index (κ2) is 8.42. The molecule has 0 aliphatic carbocycles. The summed E-state index contributed by atoms with van der Waals surface area (Å²) >= 11 is 0. The number of benzene rings is 3. The predicted molar refractivity (Wildman–Crippen MR) is 118 cm³/mol. The molecule has 3 aromatic carbocycles. The maximum atomic E-state index is 5.62. The minimum atomic E-state index is 0. The molecule has 4 aromatic rings. The fourth-order valence-corrected chi connectivity index (χ4v) is 4.73. The molecule has 0 saturated carbocycles. The van der Waals surface area contributed by atoms with E-state index in [0.29, 0.717) is 11.5 Å². The van der Waals surface area contributed by atoms with Crippen LogP contribution in [0.4, 0.5) is 0 Å². The van der Waals surface area contributed by atoms with Crippen molar-refractivity contribution in [1.82, 2.24) is 0 Å². The van der Waals surface area contributed by atoms with Crippen LogP contribution in [0.1, 0.15) is 18.5 Å². The van der Waals surface area contributed by atoms with Crippen LogP contribution in [0.15, 0.2) is 36.5 Å². The molecule has 0 atom stereocenters. The van der Waals surface area contributed by atoms with Crippen LogP contribution in [0, 0.1) is 0 Å². The Kier molecular flexibility index (Phi) is 5.84. The van der Waals surface area contributed by atoms with Crippen LogP contribution in [-0.4, -0.2) is 28.4 Å². The summed E-state index contributed by atoms with van der Waals surface area (Å²) in [5.41, 5.74) is 1.38. The van der Waals surface area contributed by atoms with Crippen LogP contribution < -0.4 is 40.5 Å². The summed E-state index contributed by atoms with van der Waals surface area (Å²) in [6.07, 6.45) is 5.86. The predicted octanol–water partition coefficient (Wildman–Crippen LogP) is 1.81. The average Bonchev–Trinajstić information content (AvgIpc) is 2.81. The molecule has 1 aliphatic heterocycles. The molecule has 0 unspecified atom stereocenters. The Labute approximate surface area is 192 Å². The number of rotatable bonds is 4. The molecule has 0 N–H and O–H groups in total. The van der Waals surface area contributed by atoms with Crippen molar-refractivity contribution >= 4 is 32.3 Å². The third-order valence-corrected chi connectivity index (χ3v) is 6.25. The van der Waals surface area contributed by atoms with E-state index in [4.69, 9.17) is 18.9 Å². The molecule has 0 saturated heterocycles. The van der Waals surface area contributed by atoms with Gasteiger partial charge >= 0.3 is 0 Å². The van der Waals surface area contributed by atoms with Gasteiger partial charge in [-0.25, -0.2) is 4.57 Å².